The van der Waals surface area contributed by atoms with Crippen molar-refractivity contribution >= 4 is 17.5 Å². The summed E-state index contributed by atoms with van der Waals surface area (Å²) in [6.45, 7) is 3.93. The van der Waals surface area contributed by atoms with Gasteiger partial charge in [-0.3, -0.25) is 4.79 Å². The van der Waals surface area contributed by atoms with Gasteiger partial charge in [0.25, 0.3) is 5.56 Å². The second kappa shape index (κ2) is 8.19. The van der Waals surface area contributed by atoms with E-state index in [1.54, 1.807) is 10.8 Å². The minimum atomic E-state index is -0.00521. The largest absolute Gasteiger partial charge is 0.342 e. The Morgan fingerprint density at radius 2 is 1.64 bits per heavy atom. The lowest BCUT2D eigenvalue weighted by atomic mass is 10.1. The van der Waals surface area contributed by atoms with Crippen LogP contribution >= 0.6 is 11.6 Å². The lowest BCUT2D eigenvalue weighted by Gasteiger charge is -2.29. The molecule has 1 aliphatic rings. The van der Waals surface area contributed by atoms with Gasteiger partial charge in [-0.05, 0) is 56.0 Å². The highest BCUT2D eigenvalue weighted by atomic mass is 35.5. The first-order valence-corrected chi connectivity index (χ1v) is 10.2. The molecule has 144 valence electrons. The fourth-order valence-electron chi connectivity index (χ4n) is 3.67. The molecule has 0 radical (unpaired) electrons. The molecule has 28 heavy (non-hydrogen) atoms. The van der Waals surface area contributed by atoms with Crippen LogP contribution in [0.4, 0.5) is 5.95 Å². The molecular weight excluding hydrogens is 370 g/mol. The van der Waals surface area contributed by atoms with Gasteiger partial charge in [-0.1, -0.05) is 41.4 Å². The zero-order chi connectivity index (χ0) is 19.5. The van der Waals surface area contributed by atoms with Crippen LogP contribution in [0, 0.1) is 6.92 Å². The minimum absolute atomic E-state index is 0.00521. The number of piperidine rings is 1. The molecule has 0 saturated carbocycles. The summed E-state index contributed by atoms with van der Waals surface area (Å²) in [5.41, 5.74) is 3.76. The van der Waals surface area contributed by atoms with Crippen LogP contribution in [0.1, 0.15) is 36.0 Å². The molecule has 0 aliphatic carbocycles. The van der Waals surface area contributed by atoms with E-state index in [4.69, 9.17) is 16.6 Å². The van der Waals surface area contributed by atoms with Gasteiger partial charge in [-0.25, -0.2) is 9.55 Å². The molecule has 1 saturated heterocycles. The normalized spacial score (nSPS) is 14.3. The van der Waals surface area contributed by atoms with Crippen molar-refractivity contribution < 1.29 is 0 Å². The van der Waals surface area contributed by atoms with Crippen molar-refractivity contribution in [2.24, 2.45) is 0 Å². The molecule has 1 fully saturated rings. The number of hydrogen-bond donors (Lipinski definition) is 0. The van der Waals surface area contributed by atoms with E-state index in [1.807, 2.05) is 55.5 Å². The molecule has 2 aromatic carbocycles. The summed E-state index contributed by atoms with van der Waals surface area (Å²) in [5, 5.41) is 0.694. The molecule has 1 aliphatic heterocycles. The van der Waals surface area contributed by atoms with Crippen LogP contribution in [0.2, 0.25) is 5.02 Å². The van der Waals surface area contributed by atoms with E-state index in [2.05, 4.69) is 4.90 Å². The van der Waals surface area contributed by atoms with Gasteiger partial charge in [0, 0.05) is 36.3 Å². The van der Waals surface area contributed by atoms with Crippen molar-refractivity contribution in [2.75, 3.05) is 18.0 Å². The van der Waals surface area contributed by atoms with Crippen LogP contribution in [0.15, 0.2) is 59.5 Å². The van der Waals surface area contributed by atoms with E-state index >= 15 is 0 Å². The summed E-state index contributed by atoms with van der Waals surface area (Å²) in [4.78, 5) is 20.4. The van der Waals surface area contributed by atoms with E-state index in [0.717, 1.165) is 43.1 Å². The quantitative estimate of drug-likeness (QED) is 0.640. The molecule has 5 heteroatoms. The summed E-state index contributed by atoms with van der Waals surface area (Å²) < 4.78 is 1.77. The maximum Gasteiger partial charge on any atom is 0.263 e. The Balaban J connectivity index is 1.79. The molecule has 0 bridgehead atoms. The van der Waals surface area contributed by atoms with E-state index in [0.29, 0.717) is 17.0 Å². The number of aromatic nitrogens is 2. The molecule has 4 rings (SSSR count). The molecule has 1 aromatic heterocycles. The molecule has 0 unspecified atom stereocenters. The zero-order valence-electron chi connectivity index (χ0n) is 16.1. The van der Waals surface area contributed by atoms with E-state index in [1.165, 1.54) is 12.0 Å². The summed E-state index contributed by atoms with van der Waals surface area (Å²) in [6, 6.07) is 15.7. The number of anilines is 1. The molecular formula is C23H24ClN3O. The highest BCUT2D eigenvalue weighted by molar-refractivity contribution is 6.30. The van der Waals surface area contributed by atoms with Gasteiger partial charge in [0.15, 0.2) is 0 Å². The third-order valence-corrected chi connectivity index (χ3v) is 5.50. The first-order valence-electron chi connectivity index (χ1n) is 9.79. The first kappa shape index (κ1) is 18.8. The topological polar surface area (TPSA) is 38.1 Å². The molecule has 0 spiro atoms. The summed E-state index contributed by atoms with van der Waals surface area (Å²) in [5.74, 6) is 0.744. The minimum Gasteiger partial charge on any atom is -0.342 e. The van der Waals surface area contributed by atoms with Gasteiger partial charge >= 0.3 is 0 Å². The van der Waals surface area contributed by atoms with Crippen LogP contribution in [0.5, 0.6) is 0 Å². The van der Waals surface area contributed by atoms with Crippen LogP contribution in [0.25, 0.3) is 5.69 Å². The molecule has 4 nitrogen and oxygen atoms in total. The lowest BCUT2D eigenvalue weighted by molar-refractivity contribution is 0.561. The standard InChI is InChI=1S/C23H24ClN3O/c1-17-5-11-21(12-6-17)27-22(28)19(15-18-7-9-20(24)10-8-18)16-25-23(27)26-13-3-2-4-14-26/h5-12,16H,2-4,13-15H2,1H3. The highest BCUT2D eigenvalue weighted by Gasteiger charge is 2.19. The third-order valence-electron chi connectivity index (χ3n) is 5.25. The molecule has 0 amide bonds. The smallest absolute Gasteiger partial charge is 0.263 e. The molecule has 2 heterocycles. The Labute approximate surface area is 170 Å². The van der Waals surface area contributed by atoms with Crippen LogP contribution < -0.4 is 10.5 Å². The summed E-state index contributed by atoms with van der Waals surface area (Å²) in [7, 11) is 0. The summed E-state index contributed by atoms with van der Waals surface area (Å²) >= 11 is 5.99. The Bertz CT molecular complexity index is 1000. The van der Waals surface area contributed by atoms with E-state index in [9.17, 15) is 4.79 Å². The maximum atomic E-state index is 13.5. The number of nitrogens with zero attached hydrogens (tertiary/aromatic N) is 3. The van der Waals surface area contributed by atoms with Crippen LogP contribution in [0.3, 0.4) is 0 Å². The Kier molecular flexibility index (Phi) is 5.49. The first-order chi connectivity index (χ1) is 13.6. The number of rotatable bonds is 4. The number of hydrogen-bond acceptors (Lipinski definition) is 3. The fourth-order valence-corrected chi connectivity index (χ4v) is 3.80. The van der Waals surface area contributed by atoms with Gasteiger partial charge in [-0.15, -0.1) is 0 Å². The molecule has 0 N–H and O–H groups in total. The van der Waals surface area contributed by atoms with Gasteiger partial charge in [0.2, 0.25) is 5.95 Å². The van der Waals surface area contributed by atoms with Crippen LogP contribution in [-0.4, -0.2) is 22.6 Å². The Morgan fingerprint density at radius 1 is 0.964 bits per heavy atom. The number of halogens is 1. The van der Waals surface area contributed by atoms with E-state index in [-0.39, 0.29) is 5.56 Å². The average molecular weight is 394 g/mol. The maximum absolute atomic E-state index is 13.5. The second-order valence-electron chi connectivity index (χ2n) is 7.41. The zero-order valence-corrected chi connectivity index (χ0v) is 16.8. The SMILES string of the molecule is Cc1ccc(-n2c(N3CCCCC3)ncc(Cc3ccc(Cl)cc3)c2=O)cc1. The van der Waals surface area contributed by atoms with Crippen molar-refractivity contribution in [1.82, 2.24) is 9.55 Å². The average Bonchev–Trinajstić information content (AvgIpc) is 2.72. The Hall–Kier alpha value is -2.59. The van der Waals surface area contributed by atoms with Crippen molar-refractivity contribution in [1.29, 1.82) is 0 Å². The predicted molar refractivity (Wildman–Crippen MR) is 115 cm³/mol. The van der Waals surface area contributed by atoms with E-state index < -0.39 is 0 Å². The predicted octanol–water partition coefficient (Wildman–Crippen LogP) is 4.78. The molecule has 0 atom stereocenters. The van der Waals surface area contributed by atoms with Gasteiger partial charge in [0.1, 0.15) is 0 Å². The van der Waals surface area contributed by atoms with Gasteiger partial charge in [-0.2, -0.15) is 0 Å². The van der Waals surface area contributed by atoms with Crippen molar-refractivity contribution in [3.8, 4) is 5.69 Å². The number of benzene rings is 2. The second-order valence-corrected chi connectivity index (χ2v) is 7.85. The third kappa shape index (κ3) is 3.97. The van der Waals surface area contributed by atoms with Gasteiger partial charge < -0.3 is 4.90 Å². The van der Waals surface area contributed by atoms with Crippen molar-refractivity contribution in [2.45, 2.75) is 32.6 Å². The monoisotopic (exact) mass is 393 g/mol. The lowest BCUT2D eigenvalue weighted by Crippen LogP contribution is -2.36. The summed E-state index contributed by atoms with van der Waals surface area (Å²) in [6.07, 6.45) is 5.78. The van der Waals surface area contributed by atoms with Crippen LogP contribution in [-0.2, 0) is 6.42 Å². The number of aryl methyl sites for hydroxylation is 1. The molecule has 3 aromatic rings. The fraction of sp³-hybridized carbons (Fsp3) is 0.304. The van der Waals surface area contributed by atoms with Crippen molar-refractivity contribution in [3.63, 3.8) is 0 Å². The van der Waals surface area contributed by atoms with Crippen molar-refractivity contribution in [3.05, 3.63) is 86.8 Å². The Morgan fingerprint density at radius 3 is 2.32 bits per heavy atom. The van der Waals surface area contributed by atoms with Gasteiger partial charge in [0.05, 0.1) is 5.69 Å². The highest BCUT2D eigenvalue weighted by Crippen LogP contribution is 2.21.